The predicted octanol–water partition coefficient (Wildman–Crippen LogP) is 3.65. The van der Waals surface area contributed by atoms with Gasteiger partial charge in [0.15, 0.2) is 11.6 Å². The Morgan fingerprint density at radius 2 is 2.10 bits per heavy atom. The highest BCUT2D eigenvalue weighted by Crippen LogP contribution is 2.25. The summed E-state index contributed by atoms with van der Waals surface area (Å²) in [6.07, 6.45) is 0. The molecule has 20 heavy (non-hydrogen) atoms. The van der Waals surface area contributed by atoms with E-state index in [2.05, 4.69) is 25.8 Å². The summed E-state index contributed by atoms with van der Waals surface area (Å²) in [7, 11) is 0. The number of aliphatic hydroxyl groups is 1. The van der Waals surface area contributed by atoms with Crippen molar-refractivity contribution < 1.29 is 14.2 Å². The van der Waals surface area contributed by atoms with Gasteiger partial charge in [-0.05, 0) is 17.7 Å². The van der Waals surface area contributed by atoms with E-state index >= 15 is 0 Å². The molecule has 5 heteroatoms. The molecule has 0 aliphatic carbocycles. The predicted molar refractivity (Wildman–Crippen MR) is 77.5 cm³/mol. The molecule has 108 valence electrons. The molecule has 0 aliphatic heterocycles. The molecule has 2 aromatic rings. The van der Waals surface area contributed by atoms with E-state index in [0.717, 1.165) is 10.7 Å². The summed E-state index contributed by atoms with van der Waals surface area (Å²) >= 11 is 1.51. The second-order valence-electron chi connectivity index (χ2n) is 5.59. The third kappa shape index (κ3) is 3.55. The first kappa shape index (κ1) is 14.9. The molecule has 1 aromatic carbocycles. The lowest BCUT2D eigenvalue weighted by Crippen LogP contribution is -2.11. The van der Waals surface area contributed by atoms with Crippen LogP contribution in [0, 0.1) is 5.82 Å². The summed E-state index contributed by atoms with van der Waals surface area (Å²) in [5.41, 5.74) is 1.54. The van der Waals surface area contributed by atoms with Gasteiger partial charge < -0.3 is 9.84 Å². The largest absolute Gasteiger partial charge is 0.483 e. The molecule has 0 spiro atoms. The van der Waals surface area contributed by atoms with Gasteiger partial charge in [-0.25, -0.2) is 9.37 Å². The third-order valence-corrected chi connectivity index (χ3v) is 3.67. The zero-order chi connectivity index (χ0) is 14.8. The van der Waals surface area contributed by atoms with Gasteiger partial charge in [-0.2, -0.15) is 0 Å². The van der Waals surface area contributed by atoms with Crippen LogP contribution in [0.3, 0.4) is 0 Å². The maximum atomic E-state index is 13.7. The molecule has 3 nitrogen and oxygen atoms in total. The number of benzene rings is 1. The van der Waals surface area contributed by atoms with Crippen LogP contribution in [0.4, 0.5) is 4.39 Å². The van der Waals surface area contributed by atoms with Crippen LogP contribution < -0.4 is 4.74 Å². The maximum Gasteiger partial charge on any atom is 0.165 e. The molecule has 1 N–H and O–H groups in total. The quantitative estimate of drug-likeness (QED) is 0.936. The van der Waals surface area contributed by atoms with Crippen molar-refractivity contribution in [2.75, 3.05) is 0 Å². The van der Waals surface area contributed by atoms with Crippen molar-refractivity contribution in [3.05, 3.63) is 45.7 Å². The Morgan fingerprint density at radius 1 is 1.35 bits per heavy atom. The minimum atomic E-state index is -0.468. The van der Waals surface area contributed by atoms with Crippen LogP contribution in [-0.4, -0.2) is 10.1 Å². The van der Waals surface area contributed by atoms with Crippen molar-refractivity contribution in [2.45, 2.75) is 39.4 Å². The summed E-state index contributed by atoms with van der Waals surface area (Å²) in [4.78, 5) is 4.49. The molecular weight excluding hydrogens is 277 g/mol. The van der Waals surface area contributed by atoms with Gasteiger partial charge in [-0.1, -0.05) is 26.8 Å². The molecular formula is C15H18FNO2S. The minimum absolute atomic E-state index is 0.00275. The third-order valence-electron chi connectivity index (χ3n) is 2.85. The lowest BCUT2D eigenvalue weighted by Gasteiger charge is -2.14. The standard InChI is InChI=1S/C15H18FNO2S/c1-15(2,3)13-9-20-14(17-13)8-19-12-5-4-10(7-18)6-11(12)16/h4-6,9,18H,7-8H2,1-3H3. The average molecular weight is 295 g/mol. The Balaban J connectivity index is 2.04. The fourth-order valence-electron chi connectivity index (χ4n) is 1.62. The van der Waals surface area contributed by atoms with Crippen LogP contribution in [0.5, 0.6) is 5.75 Å². The molecule has 0 fully saturated rings. The highest BCUT2D eigenvalue weighted by Gasteiger charge is 2.17. The lowest BCUT2D eigenvalue weighted by molar-refractivity contribution is 0.276. The van der Waals surface area contributed by atoms with Crippen LogP contribution >= 0.6 is 11.3 Å². The number of hydrogen-bond acceptors (Lipinski definition) is 4. The molecule has 1 heterocycles. The first-order chi connectivity index (χ1) is 9.40. The van der Waals surface area contributed by atoms with E-state index in [1.807, 2.05) is 5.38 Å². The van der Waals surface area contributed by atoms with Crippen LogP contribution in [0.1, 0.15) is 37.0 Å². The van der Waals surface area contributed by atoms with E-state index < -0.39 is 5.82 Å². The number of ether oxygens (including phenoxy) is 1. The number of rotatable bonds is 4. The van der Waals surface area contributed by atoms with Gasteiger partial charge in [-0.3, -0.25) is 0 Å². The number of hydrogen-bond donors (Lipinski definition) is 1. The molecule has 1 aromatic heterocycles. The van der Waals surface area contributed by atoms with Crippen LogP contribution in [-0.2, 0) is 18.6 Å². The van der Waals surface area contributed by atoms with Gasteiger partial charge in [-0.15, -0.1) is 11.3 Å². The molecule has 0 unspecified atom stereocenters. The molecule has 0 bridgehead atoms. The Hall–Kier alpha value is -1.46. The zero-order valence-corrected chi connectivity index (χ0v) is 12.6. The molecule has 0 atom stereocenters. The van der Waals surface area contributed by atoms with Crippen molar-refractivity contribution in [3.8, 4) is 5.75 Å². The summed E-state index contributed by atoms with van der Waals surface area (Å²) in [6.45, 7) is 6.36. The van der Waals surface area contributed by atoms with Gasteiger partial charge in [0.25, 0.3) is 0 Å². The first-order valence-corrected chi connectivity index (χ1v) is 7.25. The fourth-order valence-corrected chi connectivity index (χ4v) is 2.55. The van der Waals surface area contributed by atoms with Crippen molar-refractivity contribution in [1.82, 2.24) is 4.98 Å². The Bertz CT molecular complexity index is 590. The van der Waals surface area contributed by atoms with Gasteiger partial charge in [0.2, 0.25) is 0 Å². The zero-order valence-electron chi connectivity index (χ0n) is 11.8. The van der Waals surface area contributed by atoms with Crippen molar-refractivity contribution in [2.24, 2.45) is 0 Å². The highest BCUT2D eigenvalue weighted by molar-refractivity contribution is 7.09. The number of halogens is 1. The van der Waals surface area contributed by atoms with Gasteiger partial charge in [0.1, 0.15) is 11.6 Å². The van der Waals surface area contributed by atoms with Crippen molar-refractivity contribution >= 4 is 11.3 Å². The van der Waals surface area contributed by atoms with Gasteiger partial charge in [0, 0.05) is 10.8 Å². The second kappa shape index (κ2) is 5.89. The van der Waals surface area contributed by atoms with E-state index in [4.69, 9.17) is 9.84 Å². The smallest absolute Gasteiger partial charge is 0.165 e. The molecule has 0 saturated carbocycles. The van der Waals surface area contributed by atoms with Gasteiger partial charge >= 0.3 is 0 Å². The molecule has 0 radical (unpaired) electrons. The topological polar surface area (TPSA) is 42.4 Å². The average Bonchev–Trinajstić information content (AvgIpc) is 2.86. The molecule has 0 saturated heterocycles. The monoisotopic (exact) mass is 295 g/mol. The number of aromatic nitrogens is 1. The highest BCUT2D eigenvalue weighted by atomic mass is 32.1. The minimum Gasteiger partial charge on any atom is -0.483 e. The Labute approximate surface area is 122 Å². The Kier molecular flexibility index (Phi) is 4.40. The Morgan fingerprint density at radius 3 is 2.65 bits per heavy atom. The van der Waals surface area contributed by atoms with Crippen LogP contribution in [0.25, 0.3) is 0 Å². The summed E-state index contributed by atoms with van der Waals surface area (Å²) < 4.78 is 19.1. The van der Waals surface area contributed by atoms with E-state index in [1.165, 1.54) is 23.5 Å². The van der Waals surface area contributed by atoms with E-state index in [1.54, 1.807) is 6.07 Å². The summed E-state index contributed by atoms with van der Waals surface area (Å²) in [5.74, 6) is -0.293. The number of nitrogens with zero attached hydrogens (tertiary/aromatic N) is 1. The number of thiazole rings is 1. The summed E-state index contributed by atoms with van der Waals surface area (Å²) in [5, 5.41) is 11.7. The normalized spacial score (nSPS) is 11.7. The first-order valence-electron chi connectivity index (χ1n) is 6.37. The maximum absolute atomic E-state index is 13.7. The fraction of sp³-hybridized carbons (Fsp3) is 0.400. The van der Waals surface area contributed by atoms with Crippen LogP contribution in [0.15, 0.2) is 23.6 Å². The number of aliphatic hydroxyl groups excluding tert-OH is 1. The lowest BCUT2D eigenvalue weighted by atomic mass is 9.93. The SMILES string of the molecule is CC(C)(C)c1csc(COc2ccc(CO)cc2F)n1. The second-order valence-corrected chi connectivity index (χ2v) is 6.53. The summed E-state index contributed by atoms with van der Waals surface area (Å²) in [6, 6.07) is 4.44. The van der Waals surface area contributed by atoms with E-state index in [0.29, 0.717) is 5.56 Å². The van der Waals surface area contributed by atoms with Crippen LogP contribution in [0.2, 0.25) is 0 Å². The van der Waals surface area contributed by atoms with Crippen molar-refractivity contribution in [3.63, 3.8) is 0 Å². The van der Waals surface area contributed by atoms with E-state index in [9.17, 15) is 4.39 Å². The molecule has 0 amide bonds. The van der Waals surface area contributed by atoms with Crippen molar-refractivity contribution in [1.29, 1.82) is 0 Å². The molecule has 2 rings (SSSR count). The van der Waals surface area contributed by atoms with E-state index in [-0.39, 0.29) is 24.4 Å². The van der Waals surface area contributed by atoms with Gasteiger partial charge in [0.05, 0.1) is 12.3 Å². The molecule has 0 aliphatic rings.